The molecule has 11 rings (SSSR count). The molecule has 99 heavy (non-hydrogen) atoms. The van der Waals surface area contributed by atoms with Crippen molar-refractivity contribution in [3.05, 3.63) is 206 Å². The Hall–Kier alpha value is -10.7. The molecule has 0 aliphatic rings. The Morgan fingerprint density at radius 2 is 0.939 bits per heavy atom. The van der Waals surface area contributed by atoms with Crippen LogP contribution in [0.15, 0.2) is 157 Å². The molecule has 27 nitrogen and oxygen atoms in total. The normalized spacial score (nSPS) is 10.7. The van der Waals surface area contributed by atoms with Crippen LogP contribution in [0.25, 0.3) is 62.3 Å². The summed E-state index contributed by atoms with van der Waals surface area (Å²) in [7, 11) is 7.00. The second-order valence-corrected chi connectivity index (χ2v) is 24.4. The van der Waals surface area contributed by atoms with Gasteiger partial charge in [0, 0.05) is 77.4 Å². The molecular formula is C68H70N12O15S4. The fourth-order valence-electron chi connectivity index (χ4n) is 9.02. The van der Waals surface area contributed by atoms with Crippen molar-refractivity contribution >= 4 is 93.9 Å². The lowest BCUT2D eigenvalue weighted by atomic mass is 10.1. The Kier molecular flexibility index (Phi) is 27.5. The number of anilines is 1. The molecule has 6 aromatic heterocycles. The highest BCUT2D eigenvalue weighted by Gasteiger charge is 2.25. The summed E-state index contributed by atoms with van der Waals surface area (Å²) in [6.07, 6.45) is 11.5. The van der Waals surface area contributed by atoms with E-state index in [9.17, 15) is 34.2 Å². The monoisotopic (exact) mass is 1420 g/mol. The lowest BCUT2D eigenvalue weighted by Gasteiger charge is -2.12. The summed E-state index contributed by atoms with van der Waals surface area (Å²) >= 11 is 5.89. The number of carboxylic acid groups (broad SMARTS) is 5. The third kappa shape index (κ3) is 19.7. The largest absolute Gasteiger partial charge is 0.493 e. The highest BCUT2D eigenvalue weighted by atomic mass is 32.2. The van der Waals surface area contributed by atoms with E-state index in [-0.39, 0.29) is 96.1 Å². The van der Waals surface area contributed by atoms with Gasteiger partial charge in [-0.2, -0.15) is 0 Å². The van der Waals surface area contributed by atoms with Crippen molar-refractivity contribution in [3.8, 4) is 61.6 Å². The molecule has 15 N–H and O–H groups in total. The SMILES string of the molecule is CN(C)c1ccc(/C=C/c2sc(CN)nc2C(=O)O)cc1.COc1cc(-c2oc(CN)nc2C(=O)O)cc(C)c1OC.CSc1ccc(-c2oc(CN)nc2C(=O)O)cc1.CSc1ccc(-c2sc(CN)nc2C(=O)O)cc1.NCc1nc(C(=O)O)c(-c2ccc(-n3cccc3)cc2)o1. The van der Waals surface area contributed by atoms with E-state index in [0.717, 1.165) is 37.9 Å². The highest BCUT2D eigenvalue weighted by molar-refractivity contribution is 7.98. The van der Waals surface area contributed by atoms with Crippen molar-refractivity contribution in [2.45, 2.75) is 49.4 Å². The summed E-state index contributed by atoms with van der Waals surface area (Å²) in [5.41, 5.74) is 33.6. The number of oxazole rings is 3. The molecular weight excluding hydrogens is 1350 g/mol. The molecule has 0 radical (unpaired) electrons. The number of hydrogen-bond donors (Lipinski definition) is 10. The van der Waals surface area contributed by atoms with Crippen LogP contribution in [0.5, 0.6) is 11.5 Å². The van der Waals surface area contributed by atoms with Crippen LogP contribution in [-0.2, 0) is 32.7 Å². The van der Waals surface area contributed by atoms with E-state index in [4.69, 9.17) is 66.7 Å². The number of methoxy groups -OCH3 is 2. The summed E-state index contributed by atoms with van der Waals surface area (Å²) in [4.78, 5) is 81.0. The molecule has 516 valence electrons. The first-order chi connectivity index (χ1) is 47.5. The number of nitrogens with zero attached hydrogens (tertiary/aromatic N) is 7. The second kappa shape index (κ2) is 36.0. The van der Waals surface area contributed by atoms with Gasteiger partial charge in [0.25, 0.3) is 0 Å². The fraction of sp³-hybridized carbons (Fsp3) is 0.176. The maximum Gasteiger partial charge on any atom is 0.358 e. The van der Waals surface area contributed by atoms with Gasteiger partial charge in [0.15, 0.2) is 57.2 Å². The van der Waals surface area contributed by atoms with Gasteiger partial charge in [-0.15, -0.1) is 46.2 Å². The average Bonchev–Trinajstić information content (AvgIpc) is 1.79. The van der Waals surface area contributed by atoms with Gasteiger partial charge in [0.1, 0.15) is 10.0 Å². The predicted molar refractivity (Wildman–Crippen MR) is 380 cm³/mol. The molecule has 6 heterocycles. The van der Waals surface area contributed by atoms with Crippen molar-refractivity contribution in [2.75, 3.05) is 45.7 Å². The number of carbonyl (C=O) groups is 5. The first-order valence-corrected chi connectivity index (χ1v) is 33.5. The smallest absolute Gasteiger partial charge is 0.358 e. The molecule has 31 heteroatoms. The molecule has 11 aromatic rings. The summed E-state index contributed by atoms with van der Waals surface area (Å²) in [6, 6.07) is 37.7. The summed E-state index contributed by atoms with van der Waals surface area (Å²) in [5, 5.41) is 47.0. The van der Waals surface area contributed by atoms with Crippen LogP contribution in [0.3, 0.4) is 0 Å². The summed E-state index contributed by atoms with van der Waals surface area (Å²) < 4.78 is 28.7. The first kappa shape index (κ1) is 75.6. The van der Waals surface area contributed by atoms with Crippen LogP contribution < -0.4 is 43.0 Å². The summed E-state index contributed by atoms with van der Waals surface area (Å²) in [6.45, 7) is 2.48. The molecule has 0 atom stereocenters. The Bertz CT molecular complexity index is 4460. The second-order valence-electron chi connectivity index (χ2n) is 20.5. The predicted octanol–water partition coefficient (Wildman–Crippen LogP) is 11.6. The van der Waals surface area contributed by atoms with Crippen LogP contribution in [-0.4, -0.2) is 126 Å². The van der Waals surface area contributed by atoms with Crippen molar-refractivity contribution in [1.82, 2.24) is 29.5 Å². The van der Waals surface area contributed by atoms with Gasteiger partial charge in [-0.1, -0.05) is 42.5 Å². The third-order valence-corrected chi connectivity index (χ3v) is 17.4. The first-order valence-electron chi connectivity index (χ1n) is 29.4. The van der Waals surface area contributed by atoms with Gasteiger partial charge >= 0.3 is 29.8 Å². The van der Waals surface area contributed by atoms with Crippen LogP contribution in [0.4, 0.5) is 5.69 Å². The number of hydrogen-bond acceptors (Lipinski definition) is 25. The number of thioether (sulfide) groups is 2. The Balaban J connectivity index is 0.000000174. The minimum absolute atomic E-state index is 0.0204. The van der Waals surface area contributed by atoms with E-state index < -0.39 is 29.8 Å². The minimum atomic E-state index is -1.18. The Labute approximate surface area is 583 Å². The van der Waals surface area contributed by atoms with E-state index in [1.54, 1.807) is 66.0 Å². The van der Waals surface area contributed by atoms with Crippen LogP contribution in [0.1, 0.15) is 96.1 Å². The van der Waals surface area contributed by atoms with E-state index in [0.29, 0.717) is 48.0 Å². The number of aromatic carboxylic acids is 5. The maximum absolute atomic E-state index is 11.3. The van der Waals surface area contributed by atoms with Crippen LogP contribution in [0.2, 0.25) is 0 Å². The van der Waals surface area contributed by atoms with Crippen molar-refractivity contribution < 1.29 is 72.2 Å². The van der Waals surface area contributed by atoms with Crippen molar-refractivity contribution in [2.24, 2.45) is 28.7 Å². The van der Waals surface area contributed by atoms with Crippen LogP contribution >= 0.6 is 46.2 Å². The molecule has 0 saturated carbocycles. The standard InChI is InChI=1S/C15H13N3O3.C15H17N3O2S.C14H16N2O5.C12H12N2O3S.C12H12N2O2S2/c16-9-12-17-13(15(19)20)14(21-12)10-3-5-11(6-4-10)18-7-1-2-8-18;1-18(2)11-6-3-10(4-7-11)5-8-12-14(15(19)20)17-13(9-16)21-12;1-7-4-8(5-9(19-2)12(7)20-3)13-11(14(17)18)16-10(6-15)21-13;1-18-8-4-2-7(3-5-8)11-10(12(15)16)14-9(6-13)17-11;1-17-8-4-2-7(3-5-8)11-10(12(15)16)14-9(6-13)18-11/h1-8H,9,16H2,(H,19,20);3-8H,9,16H2,1-2H3,(H,19,20);4-5H,6,15H2,1-3H3,(H,17,18);2*2-5H,6,13H2,1H3,(H,15,16)/b;8-5+;;;. The number of aromatic nitrogens is 6. The third-order valence-electron chi connectivity index (χ3n) is 13.8. The number of thiazole rings is 2. The molecule has 0 saturated heterocycles. The Morgan fingerprint density at radius 1 is 0.515 bits per heavy atom. The van der Waals surface area contributed by atoms with Gasteiger partial charge in [0.05, 0.1) is 43.6 Å². The van der Waals surface area contributed by atoms with E-state index >= 15 is 0 Å². The molecule has 0 spiro atoms. The van der Waals surface area contributed by atoms with E-state index in [1.807, 2.05) is 146 Å². The molecule has 0 aliphatic heterocycles. The molecule has 0 aliphatic carbocycles. The number of benzene rings is 5. The van der Waals surface area contributed by atoms with Crippen molar-refractivity contribution in [3.63, 3.8) is 0 Å². The molecule has 5 aromatic carbocycles. The topological polar surface area (TPSA) is 447 Å². The summed E-state index contributed by atoms with van der Waals surface area (Å²) in [5.74, 6) is -3.23. The zero-order chi connectivity index (χ0) is 72.0. The quantitative estimate of drug-likeness (QED) is 0.0282. The zero-order valence-corrected chi connectivity index (χ0v) is 57.6. The average molecular weight is 1420 g/mol. The number of nitrogens with two attached hydrogens (primary N) is 5. The lowest BCUT2D eigenvalue weighted by molar-refractivity contribution is 0.0680. The molecule has 0 unspecified atom stereocenters. The van der Waals surface area contributed by atoms with Gasteiger partial charge in [0.2, 0.25) is 17.7 Å². The fourth-order valence-corrected chi connectivity index (χ4v) is 11.6. The number of rotatable bonds is 22. The molecule has 0 fully saturated rings. The van der Waals surface area contributed by atoms with Crippen LogP contribution in [0, 0.1) is 6.92 Å². The van der Waals surface area contributed by atoms with E-state index in [2.05, 4.69) is 24.9 Å². The zero-order valence-electron chi connectivity index (χ0n) is 54.4. The van der Waals surface area contributed by atoms with Gasteiger partial charge in [-0.25, -0.2) is 48.9 Å². The lowest BCUT2D eigenvalue weighted by Crippen LogP contribution is -2.07. The van der Waals surface area contributed by atoms with Gasteiger partial charge in [-0.05, 0) is 127 Å². The molecule has 0 bridgehead atoms. The number of carboxylic acids is 5. The van der Waals surface area contributed by atoms with E-state index in [1.165, 1.54) is 36.9 Å². The minimum Gasteiger partial charge on any atom is -0.493 e. The number of ether oxygens (including phenoxy) is 2. The van der Waals surface area contributed by atoms with Gasteiger partial charge < -0.3 is 86.4 Å². The Morgan fingerprint density at radius 3 is 1.34 bits per heavy atom. The highest BCUT2D eigenvalue weighted by Crippen LogP contribution is 2.38. The number of aryl methyl sites for hydroxylation is 1. The molecule has 0 amide bonds. The van der Waals surface area contributed by atoms with Crippen molar-refractivity contribution in [1.29, 1.82) is 0 Å². The maximum atomic E-state index is 11.3. The van der Waals surface area contributed by atoms with Gasteiger partial charge in [-0.3, -0.25) is 0 Å².